The molecule has 8 heteroatoms. The van der Waals surface area contributed by atoms with E-state index in [1.807, 2.05) is 12.1 Å². The van der Waals surface area contributed by atoms with E-state index in [9.17, 15) is 15.4 Å². The number of benzene rings is 3. The van der Waals surface area contributed by atoms with E-state index in [-0.39, 0.29) is 11.3 Å². The van der Waals surface area contributed by atoms with Gasteiger partial charge in [-0.1, -0.05) is 35.9 Å². The van der Waals surface area contributed by atoms with E-state index in [1.54, 1.807) is 42.5 Å². The monoisotopic (exact) mass is 498 g/mol. The molecule has 0 saturated carbocycles. The van der Waals surface area contributed by atoms with Gasteiger partial charge < -0.3 is 9.47 Å². The minimum atomic E-state index is -0.495. The largest absolute Gasteiger partial charge is 0.493 e. The van der Waals surface area contributed by atoms with Crippen LogP contribution in [0.25, 0.3) is 11.6 Å². The number of nitro benzene ring substituents is 1. The van der Waals surface area contributed by atoms with Crippen molar-refractivity contribution >= 4 is 44.9 Å². The van der Waals surface area contributed by atoms with Crippen LogP contribution in [0.1, 0.15) is 16.7 Å². The molecule has 0 aliphatic rings. The molecular formula is C23H16BrClN2O4. The van der Waals surface area contributed by atoms with Crippen LogP contribution >= 0.6 is 27.5 Å². The summed E-state index contributed by atoms with van der Waals surface area (Å²) in [6.07, 6.45) is 1.63. The Morgan fingerprint density at radius 3 is 2.61 bits per heavy atom. The van der Waals surface area contributed by atoms with Crippen LogP contribution < -0.4 is 9.47 Å². The van der Waals surface area contributed by atoms with Crippen LogP contribution in [0.4, 0.5) is 5.69 Å². The molecule has 0 radical (unpaired) electrons. The van der Waals surface area contributed by atoms with Crippen molar-refractivity contribution < 1.29 is 14.4 Å². The van der Waals surface area contributed by atoms with Gasteiger partial charge in [0.25, 0.3) is 5.69 Å². The summed E-state index contributed by atoms with van der Waals surface area (Å²) in [6.45, 7) is 0.318. The number of methoxy groups -OCH3 is 1. The molecule has 0 saturated heterocycles. The number of nitrogens with zero attached hydrogens (tertiary/aromatic N) is 2. The van der Waals surface area contributed by atoms with Crippen LogP contribution in [0.3, 0.4) is 0 Å². The number of non-ortho nitro benzene ring substituents is 1. The van der Waals surface area contributed by atoms with Gasteiger partial charge in [-0.15, -0.1) is 0 Å². The van der Waals surface area contributed by atoms with Gasteiger partial charge in [-0.2, -0.15) is 5.26 Å². The summed E-state index contributed by atoms with van der Waals surface area (Å²) in [5.41, 5.74) is 2.27. The second kappa shape index (κ2) is 10.1. The summed E-state index contributed by atoms with van der Waals surface area (Å²) in [7, 11) is 1.52. The van der Waals surface area contributed by atoms with Gasteiger partial charge in [0.1, 0.15) is 6.61 Å². The molecule has 31 heavy (non-hydrogen) atoms. The summed E-state index contributed by atoms with van der Waals surface area (Å²) in [5.74, 6) is 0.995. The van der Waals surface area contributed by atoms with E-state index >= 15 is 0 Å². The summed E-state index contributed by atoms with van der Waals surface area (Å²) >= 11 is 9.41. The van der Waals surface area contributed by atoms with Crippen LogP contribution in [0.2, 0.25) is 5.02 Å². The molecule has 0 amide bonds. The van der Waals surface area contributed by atoms with Crippen LogP contribution in [0.15, 0.2) is 65.1 Å². The first kappa shape index (κ1) is 22.3. The lowest BCUT2D eigenvalue weighted by Crippen LogP contribution is -1.99. The summed E-state index contributed by atoms with van der Waals surface area (Å²) in [6, 6.07) is 18.9. The number of allylic oxidation sites excluding steroid dienone is 1. The number of ether oxygens (including phenoxy) is 2. The third-order valence-corrected chi connectivity index (χ3v) is 5.19. The highest BCUT2D eigenvalue weighted by Gasteiger charge is 2.13. The number of rotatable bonds is 7. The molecule has 3 aromatic carbocycles. The van der Waals surface area contributed by atoms with E-state index in [4.69, 9.17) is 21.1 Å². The minimum absolute atomic E-state index is 0.0802. The molecule has 0 heterocycles. The van der Waals surface area contributed by atoms with Gasteiger partial charge in [-0.3, -0.25) is 10.1 Å². The molecule has 0 fully saturated rings. The third-order valence-electron chi connectivity index (χ3n) is 4.35. The number of nitro groups is 1. The average molecular weight is 500 g/mol. The lowest BCUT2D eigenvalue weighted by molar-refractivity contribution is -0.384. The Morgan fingerprint density at radius 1 is 1.23 bits per heavy atom. The molecule has 0 spiro atoms. The van der Waals surface area contributed by atoms with Crippen LogP contribution in [-0.4, -0.2) is 12.0 Å². The Bertz CT molecular complexity index is 1190. The SMILES string of the molecule is COc1cc(C=C(C#N)c2cccc([N+](=O)[O-])c2)cc(Br)c1OCc1ccc(Cl)cc1. The van der Waals surface area contributed by atoms with Crippen molar-refractivity contribution in [2.45, 2.75) is 6.61 Å². The smallest absolute Gasteiger partial charge is 0.270 e. The highest BCUT2D eigenvalue weighted by atomic mass is 79.9. The highest BCUT2D eigenvalue weighted by Crippen LogP contribution is 2.38. The van der Waals surface area contributed by atoms with Gasteiger partial charge in [0.2, 0.25) is 0 Å². The number of hydrogen-bond donors (Lipinski definition) is 0. The molecule has 0 atom stereocenters. The van der Waals surface area contributed by atoms with Gasteiger partial charge in [0.05, 0.1) is 28.1 Å². The number of halogens is 2. The molecule has 0 aromatic heterocycles. The molecule has 0 aliphatic carbocycles. The maximum atomic E-state index is 11.0. The maximum absolute atomic E-state index is 11.0. The van der Waals surface area contributed by atoms with Crippen molar-refractivity contribution in [2.24, 2.45) is 0 Å². The first-order valence-electron chi connectivity index (χ1n) is 9.02. The lowest BCUT2D eigenvalue weighted by atomic mass is 10.0. The first-order chi connectivity index (χ1) is 14.9. The molecule has 156 valence electrons. The summed E-state index contributed by atoms with van der Waals surface area (Å²) in [5, 5.41) is 21.3. The molecule has 0 unspecified atom stereocenters. The Labute approximate surface area is 192 Å². The second-order valence-electron chi connectivity index (χ2n) is 6.43. The predicted octanol–water partition coefficient (Wildman–Crippen LogP) is 6.66. The average Bonchev–Trinajstić information content (AvgIpc) is 2.77. The van der Waals surface area contributed by atoms with E-state index in [1.165, 1.54) is 19.2 Å². The Balaban J connectivity index is 1.90. The molecule has 6 nitrogen and oxygen atoms in total. The van der Waals surface area contributed by atoms with E-state index < -0.39 is 4.92 Å². The molecule has 0 N–H and O–H groups in total. The lowest BCUT2D eigenvalue weighted by Gasteiger charge is -2.14. The van der Waals surface area contributed by atoms with Gasteiger partial charge in [0.15, 0.2) is 11.5 Å². The van der Waals surface area contributed by atoms with Crippen molar-refractivity contribution in [1.82, 2.24) is 0 Å². The van der Waals surface area contributed by atoms with Crippen LogP contribution in [0.5, 0.6) is 11.5 Å². The van der Waals surface area contributed by atoms with Crippen molar-refractivity contribution in [1.29, 1.82) is 5.26 Å². The molecule has 3 aromatic rings. The Morgan fingerprint density at radius 2 is 1.97 bits per heavy atom. The zero-order chi connectivity index (χ0) is 22.4. The number of hydrogen-bond acceptors (Lipinski definition) is 5. The van der Waals surface area contributed by atoms with Crippen molar-refractivity contribution in [3.05, 3.63) is 97.0 Å². The predicted molar refractivity (Wildman–Crippen MR) is 123 cm³/mol. The maximum Gasteiger partial charge on any atom is 0.270 e. The fourth-order valence-corrected chi connectivity index (χ4v) is 3.53. The Hall–Kier alpha value is -3.34. The molecule has 0 aliphatic heterocycles. The number of nitriles is 1. The quantitative estimate of drug-likeness (QED) is 0.157. The van der Waals surface area contributed by atoms with E-state index in [0.29, 0.717) is 38.7 Å². The first-order valence-corrected chi connectivity index (χ1v) is 10.2. The highest BCUT2D eigenvalue weighted by molar-refractivity contribution is 9.10. The second-order valence-corrected chi connectivity index (χ2v) is 7.72. The summed E-state index contributed by atoms with van der Waals surface area (Å²) in [4.78, 5) is 10.5. The van der Waals surface area contributed by atoms with Crippen molar-refractivity contribution in [2.75, 3.05) is 7.11 Å². The minimum Gasteiger partial charge on any atom is -0.493 e. The van der Waals surface area contributed by atoms with Crippen LogP contribution in [-0.2, 0) is 6.61 Å². The van der Waals surface area contributed by atoms with Crippen LogP contribution in [0, 0.1) is 21.4 Å². The normalized spacial score (nSPS) is 11.0. The fourth-order valence-electron chi connectivity index (χ4n) is 2.83. The zero-order valence-corrected chi connectivity index (χ0v) is 18.7. The zero-order valence-electron chi connectivity index (χ0n) is 16.3. The van der Waals surface area contributed by atoms with Crippen molar-refractivity contribution in [3.8, 4) is 17.6 Å². The van der Waals surface area contributed by atoms with E-state index in [0.717, 1.165) is 5.56 Å². The molecule has 0 bridgehead atoms. The molecule has 3 rings (SSSR count). The van der Waals surface area contributed by atoms with Crippen molar-refractivity contribution in [3.63, 3.8) is 0 Å². The standard InChI is InChI=1S/C23H16BrClN2O4/c1-30-22-11-16(9-18(13-26)17-3-2-4-20(12-17)27(28)29)10-21(24)23(22)31-14-15-5-7-19(25)8-6-15/h2-12H,14H2,1H3. The topological polar surface area (TPSA) is 85.4 Å². The van der Waals surface area contributed by atoms with Gasteiger partial charge in [-0.05, 0) is 63.0 Å². The Kier molecular flexibility index (Phi) is 7.29. The summed E-state index contributed by atoms with van der Waals surface area (Å²) < 4.78 is 12.0. The van der Waals surface area contributed by atoms with Gasteiger partial charge >= 0.3 is 0 Å². The fraction of sp³-hybridized carbons (Fsp3) is 0.0870. The third kappa shape index (κ3) is 5.63. The van der Waals surface area contributed by atoms with Gasteiger partial charge in [-0.25, -0.2) is 0 Å². The van der Waals surface area contributed by atoms with Gasteiger partial charge in [0, 0.05) is 17.2 Å². The molecular weight excluding hydrogens is 484 g/mol. The van der Waals surface area contributed by atoms with E-state index in [2.05, 4.69) is 22.0 Å².